The molecule has 3 aromatic rings. The summed E-state index contributed by atoms with van der Waals surface area (Å²) >= 11 is 0. The Balaban J connectivity index is 0.00000212. The second kappa shape index (κ2) is 15.1. The molecule has 5 N–H and O–H groups in total. The van der Waals surface area contributed by atoms with Crippen molar-refractivity contribution >= 4 is 59.5 Å². The summed E-state index contributed by atoms with van der Waals surface area (Å²) in [6, 6.07) is 8.47. The number of amides is 1. The zero-order chi connectivity index (χ0) is 28.2. The Morgan fingerprint density at radius 3 is 2.35 bits per heavy atom. The van der Waals surface area contributed by atoms with Crippen molar-refractivity contribution in [2.75, 3.05) is 36.1 Å². The maximum atomic E-state index is 12.5. The van der Waals surface area contributed by atoms with Gasteiger partial charge in [-0.25, -0.2) is 9.78 Å². The molecule has 3 aliphatic rings. The van der Waals surface area contributed by atoms with Crippen molar-refractivity contribution in [1.29, 1.82) is 0 Å². The molecule has 0 atom stereocenters. The number of para-hydroxylation sites is 2. The van der Waals surface area contributed by atoms with Gasteiger partial charge in [0.05, 0.1) is 19.1 Å². The summed E-state index contributed by atoms with van der Waals surface area (Å²) in [7, 11) is 1.57. The molecule has 1 saturated heterocycles. The number of rotatable bonds is 8. The number of hydroxylamine groups is 2. The third-order valence-electron chi connectivity index (χ3n) is 8.60. The molecular formula is C29H43Cl2N9O3. The standard InChI is InChI=1S/C29H41N9O3.2ClH/c1-40-24-9-5-4-8-23(24)34-29(39)41-37-16-14-21(15-17-37)32-26-25-27(38(18-31-25)22-6-2-3-7-22)36-28(35-26)33-20-12-10-19(30)11-13-20;;/h4-5,8-9,18-22H,2-3,6-7,10-17,30H2,1H3,(H,34,39)(H2,32,33,35,36);2*1H. The summed E-state index contributed by atoms with van der Waals surface area (Å²) in [6.45, 7) is 1.21. The first kappa shape index (κ1) is 32.8. The van der Waals surface area contributed by atoms with Gasteiger partial charge in [-0.15, -0.1) is 29.9 Å². The highest BCUT2D eigenvalue weighted by molar-refractivity contribution is 5.87. The van der Waals surface area contributed by atoms with Gasteiger partial charge < -0.3 is 30.5 Å². The SMILES string of the molecule is COc1ccccc1NC(=O)ON1CCC(Nc2nc(NC3CCC(N)CC3)nc3c2ncn3C2CCCC2)CC1.Cl.Cl. The second-order valence-electron chi connectivity index (χ2n) is 11.5. The minimum Gasteiger partial charge on any atom is -0.495 e. The molecule has 0 bridgehead atoms. The van der Waals surface area contributed by atoms with Crippen molar-refractivity contribution < 1.29 is 14.4 Å². The summed E-state index contributed by atoms with van der Waals surface area (Å²) in [4.78, 5) is 32.7. The molecule has 6 rings (SSSR count). The Labute approximate surface area is 264 Å². The number of aromatic nitrogens is 4. The smallest absolute Gasteiger partial charge is 0.430 e. The van der Waals surface area contributed by atoms with Gasteiger partial charge in [0.1, 0.15) is 5.75 Å². The Kier molecular flexibility index (Phi) is 11.5. The second-order valence-corrected chi connectivity index (χ2v) is 11.5. The van der Waals surface area contributed by atoms with E-state index in [1.165, 1.54) is 12.8 Å². The van der Waals surface area contributed by atoms with Gasteiger partial charge in [-0.3, -0.25) is 5.32 Å². The lowest BCUT2D eigenvalue weighted by Crippen LogP contribution is -2.41. The number of hydrogen-bond acceptors (Lipinski definition) is 10. The van der Waals surface area contributed by atoms with Gasteiger partial charge in [-0.2, -0.15) is 9.97 Å². The zero-order valence-corrected chi connectivity index (χ0v) is 26.2. The van der Waals surface area contributed by atoms with E-state index in [1.807, 2.05) is 18.5 Å². The van der Waals surface area contributed by atoms with Gasteiger partial charge in [0.15, 0.2) is 17.0 Å². The number of fused-ring (bicyclic) bond motifs is 1. The predicted octanol–water partition coefficient (Wildman–Crippen LogP) is 5.52. The Hall–Kier alpha value is -3.06. The fourth-order valence-electron chi connectivity index (χ4n) is 6.26. The molecule has 1 aliphatic heterocycles. The van der Waals surface area contributed by atoms with Crippen molar-refractivity contribution in [3.8, 4) is 5.75 Å². The van der Waals surface area contributed by atoms with Crippen LogP contribution in [0.1, 0.15) is 70.3 Å². The van der Waals surface area contributed by atoms with Crippen LogP contribution >= 0.6 is 24.8 Å². The van der Waals surface area contributed by atoms with Crippen molar-refractivity contribution in [1.82, 2.24) is 24.6 Å². The van der Waals surface area contributed by atoms with Gasteiger partial charge in [0.2, 0.25) is 5.95 Å². The number of carbonyl (C=O) groups is 1. The minimum atomic E-state index is -0.532. The van der Waals surface area contributed by atoms with E-state index in [2.05, 4.69) is 20.5 Å². The van der Waals surface area contributed by atoms with Gasteiger partial charge in [0.25, 0.3) is 0 Å². The lowest BCUT2D eigenvalue weighted by molar-refractivity contribution is -0.107. The van der Waals surface area contributed by atoms with Crippen LogP contribution in [0.2, 0.25) is 0 Å². The molecule has 236 valence electrons. The number of anilines is 3. The molecule has 3 heterocycles. The number of hydrogen-bond donors (Lipinski definition) is 4. The molecule has 12 nitrogen and oxygen atoms in total. The van der Waals surface area contributed by atoms with E-state index >= 15 is 0 Å². The summed E-state index contributed by atoms with van der Waals surface area (Å²) in [6.07, 6.45) is 11.9. The highest BCUT2D eigenvalue weighted by Gasteiger charge is 2.27. The normalized spacial score (nSPS) is 21.4. The maximum absolute atomic E-state index is 12.5. The van der Waals surface area contributed by atoms with Crippen LogP contribution in [0.5, 0.6) is 5.75 Å². The van der Waals surface area contributed by atoms with Gasteiger partial charge in [-0.1, -0.05) is 25.0 Å². The maximum Gasteiger partial charge on any atom is 0.430 e. The van der Waals surface area contributed by atoms with E-state index in [-0.39, 0.29) is 30.9 Å². The van der Waals surface area contributed by atoms with Crippen LogP contribution in [0.15, 0.2) is 30.6 Å². The molecule has 0 radical (unpaired) electrons. The number of halogens is 2. The number of ether oxygens (including phenoxy) is 1. The van der Waals surface area contributed by atoms with Gasteiger partial charge in [0, 0.05) is 37.3 Å². The highest BCUT2D eigenvalue weighted by atomic mass is 35.5. The first-order chi connectivity index (χ1) is 20.1. The quantitative estimate of drug-likeness (QED) is 0.250. The molecule has 43 heavy (non-hydrogen) atoms. The first-order valence-corrected chi connectivity index (χ1v) is 15.0. The summed E-state index contributed by atoms with van der Waals surface area (Å²) in [5.41, 5.74) is 8.40. The van der Waals surface area contributed by atoms with E-state index in [0.717, 1.165) is 68.3 Å². The van der Waals surface area contributed by atoms with Crippen LogP contribution in [0, 0.1) is 0 Å². The first-order valence-electron chi connectivity index (χ1n) is 15.0. The monoisotopic (exact) mass is 635 g/mol. The topological polar surface area (TPSA) is 144 Å². The van der Waals surface area contributed by atoms with Crippen molar-refractivity contribution in [3.63, 3.8) is 0 Å². The Morgan fingerprint density at radius 1 is 0.930 bits per heavy atom. The average Bonchev–Trinajstić information content (AvgIpc) is 3.66. The zero-order valence-electron chi connectivity index (χ0n) is 24.5. The predicted molar refractivity (Wildman–Crippen MR) is 172 cm³/mol. The number of imidazole rings is 1. The minimum absolute atomic E-state index is 0. The van der Waals surface area contributed by atoms with Crippen LogP contribution in [0.25, 0.3) is 11.2 Å². The molecule has 3 fully saturated rings. The average molecular weight is 637 g/mol. The molecular weight excluding hydrogens is 593 g/mol. The number of nitrogens with two attached hydrogens (primary N) is 1. The molecule has 0 unspecified atom stereocenters. The highest BCUT2D eigenvalue weighted by Crippen LogP contribution is 2.34. The number of benzene rings is 1. The van der Waals surface area contributed by atoms with E-state index in [4.69, 9.17) is 30.3 Å². The van der Waals surface area contributed by atoms with Crippen LogP contribution in [-0.4, -0.2) is 69.0 Å². The van der Waals surface area contributed by atoms with Crippen molar-refractivity contribution in [2.45, 2.75) is 88.4 Å². The molecule has 14 heteroatoms. The largest absolute Gasteiger partial charge is 0.495 e. The number of nitrogens with one attached hydrogen (secondary N) is 3. The number of carbonyl (C=O) groups excluding carboxylic acids is 1. The third kappa shape index (κ3) is 7.91. The number of nitrogens with zero attached hydrogens (tertiary/aromatic N) is 5. The van der Waals surface area contributed by atoms with Gasteiger partial charge >= 0.3 is 6.09 Å². The van der Waals surface area contributed by atoms with Crippen LogP contribution in [0.4, 0.5) is 22.2 Å². The molecule has 1 aromatic carbocycles. The van der Waals surface area contributed by atoms with E-state index in [0.29, 0.717) is 48.6 Å². The fraction of sp³-hybridized carbons (Fsp3) is 0.586. The molecule has 1 amide bonds. The Morgan fingerprint density at radius 2 is 1.63 bits per heavy atom. The van der Waals surface area contributed by atoms with Crippen LogP contribution in [0.3, 0.4) is 0 Å². The molecule has 2 aromatic heterocycles. The summed E-state index contributed by atoms with van der Waals surface area (Å²) < 4.78 is 7.55. The van der Waals surface area contributed by atoms with Gasteiger partial charge in [-0.05, 0) is 63.5 Å². The van der Waals surface area contributed by atoms with E-state index in [9.17, 15) is 4.79 Å². The fourth-order valence-corrected chi connectivity index (χ4v) is 6.26. The van der Waals surface area contributed by atoms with E-state index in [1.54, 1.807) is 24.3 Å². The van der Waals surface area contributed by atoms with E-state index < -0.39 is 6.09 Å². The Bertz CT molecular complexity index is 1340. The van der Waals surface area contributed by atoms with Crippen LogP contribution in [-0.2, 0) is 4.84 Å². The number of piperidine rings is 1. The van der Waals surface area contributed by atoms with Crippen LogP contribution < -0.4 is 26.4 Å². The lowest BCUT2D eigenvalue weighted by atomic mass is 9.92. The lowest BCUT2D eigenvalue weighted by Gasteiger charge is -2.31. The van der Waals surface area contributed by atoms with Crippen molar-refractivity contribution in [2.24, 2.45) is 5.73 Å². The summed E-state index contributed by atoms with van der Waals surface area (Å²) in [5, 5.41) is 11.7. The number of methoxy groups -OCH3 is 1. The third-order valence-corrected chi connectivity index (χ3v) is 8.60. The molecule has 2 aliphatic carbocycles. The molecule has 0 spiro atoms. The molecule has 2 saturated carbocycles. The summed E-state index contributed by atoms with van der Waals surface area (Å²) in [5.74, 6) is 1.99. The van der Waals surface area contributed by atoms with Crippen molar-refractivity contribution in [3.05, 3.63) is 30.6 Å².